The first-order valence-electron chi connectivity index (χ1n) is 6.16. The lowest BCUT2D eigenvalue weighted by molar-refractivity contribution is -0.160. The standard InChI is InChI=1S/C12H23NO3/c1-4-13-12(11(14)16-5-2)9-7-6-8-10(12)15-3/h10,13H,4-9H2,1-3H3. The first-order valence-corrected chi connectivity index (χ1v) is 6.16. The third-order valence-electron chi connectivity index (χ3n) is 3.25. The quantitative estimate of drug-likeness (QED) is 0.726. The highest BCUT2D eigenvalue weighted by Crippen LogP contribution is 2.31. The van der Waals surface area contributed by atoms with E-state index in [0.717, 1.165) is 32.2 Å². The minimum absolute atomic E-state index is 0.0692. The second-order valence-corrected chi connectivity index (χ2v) is 4.19. The minimum atomic E-state index is -0.627. The molecular formula is C12H23NO3. The smallest absolute Gasteiger partial charge is 0.329 e. The molecule has 0 aromatic rings. The maximum atomic E-state index is 12.1. The Hall–Kier alpha value is -0.610. The van der Waals surface area contributed by atoms with Gasteiger partial charge in [-0.1, -0.05) is 19.8 Å². The number of carbonyl (C=O) groups excluding carboxylic acids is 1. The fourth-order valence-electron chi connectivity index (χ4n) is 2.54. The number of ether oxygens (including phenoxy) is 2. The zero-order chi connectivity index (χ0) is 12.0. The van der Waals surface area contributed by atoms with Crippen LogP contribution in [0.2, 0.25) is 0 Å². The molecule has 0 saturated heterocycles. The number of likely N-dealkylation sites (N-methyl/N-ethyl adjacent to an activating group) is 1. The molecule has 0 heterocycles. The predicted octanol–water partition coefficient (Wildman–Crippen LogP) is 1.49. The fourth-order valence-corrected chi connectivity index (χ4v) is 2.54. The first kappa shape index (κ1) is 13.5. The van der Waals surface area contributed by atoms with Crippen molar-refractivity contribution in [2.24, 2.45) is 0 Å². The molecule has 1 aliphatic carbocycles. The van der Waals surface area contributed by atoms with E-state index in [1.807, 2.05) is 13.8 Å². The van der Waals surface area contributed by atoms with Crippen molar-refractivity contribution < 1.29 is 14.3 Å². The molecule has 1 N–H and O–H groups in total. The van der Waals surface area contributed by atoms with Gasteiger partial charge in [0.15, 0.2) is 0 Å². The van der Waals surface area contributed by atoms with Gasteiger partial charge in [-0.3, -0.25) is 5.32 Å². The van der Waals surface area contributed by atoms with Gasteiger partial charge in [0, 0.05) is 7.11 Å². The molecule has 0 aromatic heterocycles. The number of nitrogens with one attached hydrogen (secondary N) is 1. The van der Waals surface area contributed by atoms with E-state index in [1.54, 1.807) is 7.11 Å². The number of hydrogen-bond donors (Lipinski definition) is 1. The normalized spacial score (nSPS) is 30.1. The van der Waals surface area contributed by atoms with E-state index in [-0.39, 0.29) is 12.1 Å². The van der Waals surface area contributed by atoms with Crippen LogP contribution in [0.5, 0.6) is 0 Å². The fraction of sp³-hybridized carbons (Fsp3) is 0.917. The van der Waals surface area contributed by atoms with Crippen molar-refractivity contribution in [1.82, 2.24) is 5.32 Å². The van der Waals surface area contributed by atoms with Crippen LogP contribution in [0.25, 0.3) is 0 Å². The third kappa shape index (κ3) is 2.55. The monoisotopic (exact) mass is 229 g/mol. The lowest BCUT2D eigenvalue weighted by Crippen LogP contribution is -2.62. The van der Waals surface area contributed by atoms with Crippen molar-refractivity contribution in [2.75, 3.05) is 20.3 Å². The number of carbonyl (C=O) groups is 1. The Balaban J connectivity index is 2.86. The zero-order valence-electron chi connectivity index (χ0n) is 10.5. The molecule has 2 unspecified atom stereocenters. The van der Waals surface area contributed by atoms with Crippen LogP contribution >= 0.6 is 0 Å². The summed E-state index contributed by atoms with van der Waals surface area (Å²) in [5.41, 5.74) is -0.627. The van der Waals surface area contributed by atoms with Gasteiger partial charge in [0.05, 0.1) is 12.7 Å². The molecule has 0 amide bonds. The minimum Gasteiger partial charge on any atom is -0.465 e. The third-order valence-corrected chi connectivity index (χ3v) is 3.25. The molecule has 16 heavy (non-hydrogen) atoms. The van der Waals surface area contributed by atoms with Gasteiger partial charge in [-0.15, -0.1) is 0 Å². The van der Waals surface area contributed by atoms with Gasteiger partial charge in [-0.25, -0.2) is 4.79 Å². The number of rotatable bonds is 5. The second kappa shape index (κ2) is 6.21. The molecule has 1 aliphatic rings. The second-order valence-electron chi connectivity index (χ2n) is 4.19. The molecule has 4 nitrogen and oxygen atoms in total. The van der Waals surface area contributed by atoms with Gasteiger partial charge in [0.1, 0.15) is 5.54 Å². The summed E-state index contributed by atoms with van der Waals surface area (Å²) < 4.78 is 10.7. The van der Waals surface area contributed by atoms with Crippen LogP contribution in [0.15, 0.2) is 0 Å². The Morgan fingerprint density at radius 1 is 1.44 bits per heavy atom. The highest BCUT2D eigenvalue weighted by atomic mass is 16.5. The van der Waals surface area contributed by atoms with Gasteiger partial charge in [-0.05, 0) is 26.3 Å². The van der Waals surface area contributed by atoms with Gasteiger partial charge >= 0.3 is 5.97 Å². The summed E-state index contributed by atoms with van der Waals surface area (Å²) in [4.78, 5) is 12.1. The van der Waals surface area contributed by atoms with Gasteiger partial charge < -0.3 is 9.47 Å². The molecule has 4 heteroatoms. The molecule has 0 spiro atoms. The molecular weight excluding hydrogens is 206 g/mol. The Morgan fingerprint density at radius 3 is 2.75 bits per heavy atom. The number of methoxy groups -OCH3 is 1. The maximum absolute atomic E-state index is 12.1. The van der Waals surface area contributed by atoms with Crippen LogP contribution in [-0.2, 0) is 14.3 Å². The Kier molecular flexibility index (Phi) is 5.22. The van der Waals surface area contributed by atoms with Crippen LogP contribution in [0.1, 0.15) is 39.5 Å². The average Bonchev–Trinajstić information content (AvgIpc) is 2.30. The molecule has 2 atom stereocenters. The van der Waals surface area contributed by atoms with E-state index in [4.69, 9.17) is 9.47 Å². The summed E-state index contributed by atoms with van der Waals surface area (Å²) in [5.74, 6) is -0.164. The Morgan fingerprint density at radius 2 is 2.19 bits per heavy atom. The molecule has 1 rings (SSSR count). The first-order chi connectivity index (χ1) is 7.71. The molecule has 0 aliphatic heterocycles. The van der Waals surface area contributed by atoms with Crippen LogP contribution in [0, 0.1) is 0 Å². The lowest BCUT2D eigenvalue weighted by atomic mass is 9.79. The van der Waals surface area contributed by atoms with Crippen molar-refractivity contribution >= 4 is 5.97 Å². The van der Waals surface area contributed by atoms with Crippen LogP contribution < -0.4 is 5.32 Å². The van der Waals surface area contributed by atoms with Crippen molar-refractivity contribution in [3.63, 3.8) is 0 Å². The lowest BCUT2D eigenvalue weighted by Gasteiger charge is -2.41. The van der Waals surface area contributed by atoms with Crippen molar-refractivity contribution in [1.29, 1.82) is 0 Å². The van der Waals surface area contributed by atoms with E-state index >= 15 is 0 Å². The Labute approximate surface area is 97.7 Å². The van der Waals surface area contributed by atoms with E-state index < -0.39 is 5.54 Å². The molecule has 0 bridgehead atoms. The van der Waals surface area contributed by atoms with E-state index in [0.29, 0.717) is 6.61 Å². The van der Waals surface area contributed by atoms with Crippen LogP contribution in [-0.4, -0.2) is 37.9 Å². The zero-order valence-corrected chi connectivity index (χ0v) is 10.5. The molecule has 1 fully saturated rings. The summed E-state index contributed by atoms with van der Waals surface area (Å²) in [6, 6.07) is 0. The number of esters is 1. The average molecular weight is 229 g/mol. The summed E-state index contributed by atoms with van der Waals surface area (Å²) in [6.45, 7) is 5.01. The molecule has 94 valence electrons. The largest absolute Gasteiger partial charge is 0.465 e. The van der Waals surface area contributed by atoms with Crippen LogP contribution in [0.3, 0.4) is 0 Å². The van der Waals surface area contributed by atoms with Crippen molar-refractivity contribution in [2.45, 2.75) is 51.2 Å². The van der Waals surface area contributed by atoms with Gasteiger partial charge in [0.25, 0.3) is 0 Å². The maximum Gasteiger partial charge on any atom is 0.329 e. The van der Waals surface area contributed by atoms with Gasteiger partial charge in [-0.2, -0.15) is 0 Å². The van der Waals surface area contributed by atoms with E-state index in [1.165, 1.54) is 0 Å². The summed E-state index contributed by atoms with van der Waals surface area (Å²) in [7, 11) is 1.67. The molecule has 0 aromatic carbocycles. The highest BCUT2D eigenvalue weighted by Gasteiger charge is 2.48. The topological polar surface area (TPSA) is 47.6 Å². The summed E-state index contributed by atoms with van der Waals surface area (Å²) >= 11 is 0. The molecule has 0 radical (unpaired) electrons. The van der Waals surface area contributed by atoms with Crippen molar-refractivity contribution in [3.05, 3.63) is 0 Å². The Bertz CT molecular complexity index is 228. The summed E-state index contributed by atoms with van der Waals surface area (Å²) in [6.07, 6.45) is 3.82. The highest BCUT2D eigenvalue weighted by molar-refractivity contribution is 5.82. The molecule has 1 saturated carbocycles. The SMILES string of the molecule is CCNC1(C(=O)OCC)CCCCC1OC. The summed E-state index contributed by atoms with van der Waals surface area (Å²) in [5, 5.41) is 3.28. The predicted molar refractivity (Wildman–Crippen MR) is 62.3 cm³/mol. The van der Waals surface area contributed by atoms with Gasteiger partial charge in [0.2, 0.25) is 0 Å². The van der Waals surface area contributed by atoms with E-state index in [9.17, 15) is 4.79 Å². The van der Waals surface area contributed by atoms with Crippen LogP contribution in [0.4, 0.5) is 0 Å². The number of hydrogen-bond acceptors (Lipinski definition) is 4. The van der Waals surface area contributed by atoms with Crippen molar-refractivity contribution in [3.8, 4) is 0 Å². The van der Waals surface area contributed by atoms with E-state index in [2.05, 4.69) is 5.32 Å².